The number of pyridine rings is 1. The van der Waals surface area contributed by atoms with E-state index in [-0.39, 0.29) is 30.4 Å². The lowest BCUT2D eigenvalue weighted by atomic mass is 9.75. The van der Waals surface area contributed by atoms with Crippen molar-refractivity contribution in [2.75, 3.05) is 0 Å². The van der Waals surface area contributed by atoms with Crippen LogP contribution in [0.5, 0.6) is 0 Å². The number of fused-ring (bicyclic) bond motifs is 1. The van der Waals surface area contributed by atoms with E-state index < -0.39 is 18.0 Å². The van der Waals surface area contributed by atoms with E-state index in [4.69, 9.17) is 4.42 Å². The highest BCUT2D eigenvalue weighted by Gasteiger charge is 2.43. The van der Waals surface area contributed by atoms with Crippen molar-refractivity contribution in [3.05, 3.63) is 77.0 Å². The maximum absolute atomic E-state index is 13.3. The minimum Gasteiger partial charge on any atom is -0.469 e. The molecule has 2 aliphatic rings. The summed E-state index contributed by atoms with van der Waals surface area (Å²) in [5.74, 6) is -0.532. The van der Waals surface area contributed by atoms with Gasteiger partial charge >= 0.3 is 6.18 Å². The smallest absolute Gasteiger partial charge is 0.453 e. The molecule has 0 saturated heterocycles. The summed E-state index contributed by atoms with van der Waals surface area (Å²) in [6, 6.07) is 6.20. The zero-order valence-corrected chi connectivity index (χ0v) is 15.1. The van der Waals surface area contributed by atoms with Gasteiger partial charge in [-0.15, -0.1) is 5.10 Å². The number of carbonyl (C=O) groups is 1. The van der Waals surface area contributed by atoms with Crippen LogP contribution in [0.1, 0.15) is 47.8 Å². The van der Waals surface area contributed by atoms with Crippen LogP contribution in [0.2, 0.25) is 0 Å². The van der Waals surface area contributed by atoms with Crippen molar-refractivity contribution in [3.8, 4) is 0 Å². The second-order valence-electron chi connectivity index (χ2n) is 7.21. The van der Waals surface area contributed by atoms with E-state index in [0.29, 0.717) is 23.3 Å². The number of carbonyl (C=O) groups excluding carboxylic acids is 1. The number of halogens is 3. The molecule has 0 bridgehead atoms. The highest BCUT2D eigenvalue weighted by Crippen LogP contribution is 2.45. The molecule has 3 aromatic heterocycles. The molecule has 29 heavy (non-hydrogen) atoms. The molecule has 0 fully saturated rings. The quantitative estimate of drug-likeness (QED) is 0.653. The van der Waals surface area contributed by atoms with Crippen LogP contribution in [0, 0.1) is 0 Å². The maximum Gasteiger partial charge on any atom is 0.453 e. The SMILES string of the molecule is O=C1CC(c2ccco2)CC2=C1C(c1ccncc1)n1nc(C(F)(F)F)nc1C2. The summed E-state index contributed by atoms with van der Waals surface area (Å²) in [6.45, 7) is 0. The number of alkyl halides is 3. The summed E-state index contributed by atoms with van der Waals surface area (Å²) in [5, 5.41) is 3.73. The molecule has 2 atom stereocenters. The van der Waals surface area contributed by atoms with Gasteiger partial charge in [0.15, 0.2) is 5.78 Å². The molecule has 0 amide bonds. The number of furan rings is 1. The number of nitrogens with zero attached hydrogens (tertiary/aromatic N) is 4. The van der Waals surface area contributed by atoms with Crippen LogP contribution in [0.15, 0.2) is 58.5 Å². The summed E-state index contributed by atoms with van der Waals surface area (Å²) < 4.78 is 46.5. The third-order valence-electron chi connectivity index (χ3n) is 5.42. The van der Waals surface area contributed by atoms with Crippen LogP contribution in [0.3, 0.4) is 0 Å². The van der Waals surface area contributed by atoms with Gasteiger partial charge in [-0.05, 0) is 36.2 Å². The summed E-state index contributed by atoms with van der Waals surface area (Å²) in [7, 11) is 0. The Labute approximate surface area is 163 Å². The first kappa shape index (κ1) is 17.8. The number of hydrogen-bond acceptors (Lipinski definition) is 5. The second-order valence-corrected chi connectivity index (χ2v) is 7.21. The molecule has 2 unspecified atom stereocenters. The molecular formula is C20H15F3N4O2. The van der Waals surface area contributed by atoms with Gasteiger partial charge in [0.1, 0.15) is 17.6 Å². The van der Waals surface area contributed by atoms with E-state index >= 15 is 0 Å². The van der Waals surface area contributed by atoms with Gasteiger partial charge in [0.2, 0.25) is 0 Å². The van der Waals surface area contributed by atoms with E-state index in [2.05, 4.69) is 15.1 Å². The molecule has 1 aliphatic carbocycles. The lowest BCUT2D eigenvalue weighted by molar-refractivity contribution is -0.145. The van der Waals surface area contributed by atoms with Gasteiger partial charge in [0.05, 0.1) is 6.26 Å². The van der Waals surface area contributed by atoms with Crippen LogP contribution in [0.4, 0.5) is 13.2 Å². The van der Waals surface area contributed by atoms with Crippen molar-refractivity contribution < 1.29 is 22.4 Å². The van der Waals surface area contributed by atoms with Crippen LogP contribution in [-0.4, -0.2) is 25.5 Å². The summed E-state index contributed by atoms with van der Waals surface area (Å²) in [5.41, 5.74) is 1.94. The molecule has 0 N–H and O–H groups in total. The number of rotatable bonds is 2. The number of Topliss-reactive ketones (excluding diaryl/α,β-unsaturated/α-hetero) is 1. The van der Waals surface area contributed by atoms with Crippen LogP contribution in [0.25, 0.3) is 0 Å². The average molecular weight is 400 g/mol. The molecule has 0 aromatic carbocycles. The van der Waals surface area contributed by atoms with E-state index in [1.807, 2.05) is 6.07 Å². The molecule has 148 valence electrons. The topological polar surface area (TPSA) is 73.8 Å². The first-order chi connectivity index (χ1) is 13.9. The summed E-state index contributed by atoms with van der Waals surface area (Å²) >= 11 is 0. The zero-order valence-electron chi connectivity index (χ0n) is 15.1. The molecule has 1 aliphatic heterocycles. The molecule has 9 heteroatoms. The van der Waals surface area contributed by atoms with Crippen molar-refractivity contribution in [1.29, 1.82) is 0 Å². The third kappa shape index (κ3) is 2.97. The molecule has 0 spiro atoms. The Kier molecular flexibility index (Phi) is 3.94. The Morgan fingerprint density at radius 2 is 1.93 bits per heavy atom. The van der Waals surface area contributed by atoms with Gasteiger partial charge < -0.3 is 4.42 Å². The first-order valence-corrected chi connectivity index (χ1v) is 9.13. The van der Waals surface area contributed by atoms with Gasteiger partial charge in [-0.1, -0.05) is 5.57 Å². The average Bonchev–Trinajstić information content (AvgIpc) is 3.36. The molecule has 0 radical (unpaired) electrons. The number of allylic oxidation sites excluding steroid dienone is 2. The monoisotopic (exact) mass is 400 g/mol. The van der Waals surface area contributed by atoms with E-state index in [1.54, 1.807) is 36.9 Å². The minimum atomic E-state index is -4.66. The number of aromatic nitrogens is 4. The highest BCUT2D eigenvalue weighted by molar-refractivity contribution is 5.99. The predicted molar refractivity (Wildman–Crippen MR) is 93.8 cm³/mol. The van der Waals surface area contributed by atoms with Crippen LogP contribution >= 0.6 is 0 Å². The van der Waals surface area contributed by atoms with Crippen LogP contribution < -0.4 is 0 Å². The number of hydrogen-bond donors (Lipinski definition) is 0. The van der Waals surface area contributed by atoms with Gasteiger partial charge in [0, 0.05) is 36.7 Å². The van der Waals surface area contributed by atoms with Gasteiger partial charge in [-0.25, -0.2) is 9.67 Å². The summed E-state index contributed by atoms with van der Waals surface area (Å²) in [4.78, 5) is 20.8. The fourth-order valence-corrected chi connectivity index (χ4v) is 4.22. The summed E-state index contributed by atoms with van der Waals surface area (Å²) in [6.07, 6.45) is 0.914. The van der Waals surface area contributed by atoms with Crippen molar-refractivity contribution in [2.45, 2.75) is 37.4 Å². The van der Waals surface area contributed by atoms with E-state index in [9.17, 15) is 18.0 Å². The van der Waals surface area contributed by atoms with Gasteiger partial charge in [-0.3, -0.25) is 9.78 Å². The molecule has 4 heterocycles. The minimum absolute atomic E-state index is 0.107. The standard InChI is InChI=1S/C20H15F3N4O2/c21-20(22,23)19-25-16-10-13-8-12(15-2-1-7-29-15)9-14(28)17(13)18(27(16)26-19)11-3-5-24-6-4-11/h1-7,12,18H,8-10H2. The van der Waals surface area contributed by atoms with Gasteiger partial charge in [0.25, 0.3) is 5.82 Å². The fraction of sp³-hybridized carbons (Fsp3) is 0.300. The zero-order chi connectivity index (χ0) is 20.2. The van der Waals surface area contributed by atoms with Crippen molar-refractivity contribution >= 4 is 5.78 Å². The van der Waals surface area contributed by atoms with Crippen LogP contribution in [-0.2, 0) is 17.4 Å². The number of ketones is 1. The maximum atomic E-state index is 13.3. The normalized spacial score (nSPS) is 21.8. The Bertz CT molecular complexity index is 1100. The Hall–Kier alpha value is -3.23. The lowest BCUT2D eigenvalue weighted by Crippen LogP contribution is -2.32. The molecule has 6 nitrogen and oxygen atoms in total. The van der Waals surface area contributed by atoms with Crippen molar-refractivity contribution in [1.82, 2.24) is 19.7 Å². The largest absolute Gasteiger partial charge is 0.469 e. The Balaban J connectivity index is 1.64. The fourth-order valence-electron chi connectivity index (χ4n) is 4.22. The van der Waals surface area contributed by atoms with E-state index in [1.165, 1.54) is 4.68 Å². The lowest BCUT2D eigenvalue weighted by Gasteiger charge is -2.34. The third-order valence-corrected chi connectivity index (χ3v) is 5.42. The first-order valence-electron chi connectivity index (χ1n) is 9.13. The highest BCUT2D eigenvalue weighted by atomic mass is 19.4. The molecule has 0 saturated carbocycles. The molecular weight excluding hydrogens is 385 g/mol. The Morgan fingerprint density at radius 3 is 2.62 bits per heavy atom. The molecule has 3 aromatic rings. The van der Waals surface area contributed by atoms with E-state index in [0.717, 1.165) is 5.57 Å². The van der Waals surface area contributed by atoms with Crippen molar-refractivity contribution in [3.63, 3.8) is 0 Å². The van der Waals surface area contributed by atoms with Gasteiger partial charge in [-0.2, -0.15) is 13.2 Å². The molecule has 5 rings (SSSR count). The second kappa shape index (κ2) is 6.40. The Morgan fingerprint density at radius 1 is 1.14 bits per heavy atom. The van der Waals surface area contributed by atoms with Crippen molar-refractivity contribution in [2.24, 2.45) is 0 Å². The predicted octanol–water partition coefficient (Wildman–Crippen LogP) is 3.87.